The molecule has 2 rings (SSSR count). The number of hydrogen-bond acceptors (Lipinski definition) is 5. The second-order valence-corrected chi connectivity index (χ2v) is 8.45. The average Bonchev–Trinajstić information content (AvgIpc) is 2.76. The van der Waals surface area contributed by atoms with Crippen molar-refractivity contribution in [3.05, 3.63) is 56.9 Å². The van der Waals surface area contributed by atoms with Gasteiger partial charge in [-0.05, 0) is 64.8 Å². The highest BCUT2D eigenvalue weighted by molar-refractivity contribution is 14.1. The van der Waals surface area contributed by atoms with Crippen LogP contribution in [0, 0.1) is 15.3 Å². The second kappa shape index (κ2) is 12.4. The van der Waals surface area contributed by atoms with E-state index < -0.39 is 23.7 Å². The number of rotatable bonds is 10. The topological polar surface area (TPSA) is 89.0 Å². The van der Waals surface area contributed by atoms with Crippen LogP contribution in [0.1, 0.15) is 43.1 Å². The number of ether oxygens (including phenoxy) is 2. The Morgan fingerprint density at radius 1 is 1.25 bits per heavy atom. The number of nitrogens with one attached hydrogen (secondary N) is 2. The highest BCUT2D eigenvalue weighted by Gasteiger charge is 2.25. The van der Waals surface area contributed by atoms with Gasteiger partial charge >= 0.3 is 0 Å². The highest BCUT2D eigenvalue weighted by atomic mass is 127. The summed E-state index contributed by atoms with van der Waals surface area (Å²) < 4.78 is 25.8. The summed E-state index contributed by atoms with van der Waals surface area (Å²) in [5, 5.41) is 6.57. The summed E-state index contributed by atoms with van der Waals surface area (Å²) in [5.41, 5.74) is 3.01. The predicted molar refractivity (Wildman–Crippen MR) is 130 cm³/mol. The molecule has 172 valence electrons. The van der Waals surface area contributed by atoms with E-state index in [-0.39, 0.29) is 11.5 Å². The van der Waals surface area contributed by atoms with Crippen molar-refractivity contribution in [1.82, 2.24) is 10.7 Å². The molecular weight excluding hydrogens is 528 g/mol. The second-order valence-electron chi connectivity index (χ2n) is 7.29. The molecule has 0 bridgehead atoms. The molecule has 0 saturated carbocycles. The third-order valence-corrected chi connectivity index (χ3v) is 5.25. The molecule has 2 amide bonds. The van der Waals surface area contributed by atoms with Crippen LogP contribution >= 0.6 is 22.6 Å². The molecule has 2 N–H and O–H groups in total. The lowest BCUT2D eigenvalue weighted by atomic mass is 10.0. The largest absolute Gasteiger partial charge is 0.493 e. The molecule has 0 spiro atoms. The van der Waals surface area contributed by atoms with Crippen molar-refractivity contribution in [2.45, 2.75) is 33.2 Å². The zero-order valence-electron chi connectivity index (χ0n) is 18.4. The van der Waals surface area contributed by atoms with Crippen LogP contribution in [0.3, 0.4) is 0 Å². The number of nitrogens with zero attached hydrogens (tertiary/aromatic N) is 1. The van der Waals surface area contributed by atoms with Crippen molar-refractivity contribution >= 4 is 40.6 Å². The number of carbonyl (C=O) groups is 2. The van der Waals surface area contributed by atoms with Gasteiger partial charge in [0.1, 0.15) is 11.9 Å². The van der Waals surface area contributed by atoms with Crippen LogP contribution in [0.4, 0.5) is 4.39 Å². The average molecular weight is 555 g/mol. The molecular formula is C23H27FIN3O4. The number of methoxy groups -OCH3 is 1. The number of hydrazone groups is 1. The van der Waals surface area contributed by atoms with Gasteiger partial charge in [-0.2, -0.15) is 5.10 Å². The van der Waals surface area contributed by atoms with Gasteiger partial charge in [0, 0.05) is 0 Å². The first-order valence-corrected chi connectivity index (χ1v) is 11.2. The Balaban J connectivity index is 2.09. The van der Waals surface area contributed by atoms with Gasteiger partial charge in [-0.1, -0.05) is 32.9 Å². The molecule has 2 aromatic carbocycles. The van der Waals surface area contributed by atoms with E-state index in [1.807, 2.05) is 13.0 Å². The van der Waals surface area contributed by atoms with E-state index in [1.165, 1.54) is 24.4 Å². The summed E-state index contributed by atoms with van der Waals surface area (Å²) in [5.74, 6) is -0.839. The normalized spacial score (nSPS) is 12.0. The molecule has 2 aromatic rings. The Labute approximate surface area is 200 Å². The smallest absolute Gasteiger partial charge is 0.262 e. The zero-order chi connectivity index (χ0) is 23.7. The lowest BCUT2D eigenvalue weighted by Crippen LogP contribution is -2.48. The van der Waals surface area contributed by atoms with E-state index in [1.54, 1.807) is 33.1 Å². The molecule has 0 radical (unpaired) electrons. The molecule has 0 aromatic heterocycles. The van der Waals surface area contributed by atoms with Gasteiger partial charge in [-0.3, -0.25) is 9.59 Å². The first-order chi connectivity index (χ1) is 15.3. The molecule has 0 heterocycles. The maximum Gasteiger partial charge on any atom is 0.262 e. The minimum atomic E-state index is -0.890. The molecule has 0 aliphatic heterocycles. The van der Waals surface area contributed by atoms with E-state index in [4.69, 9.17) is 9.47 Å². The Kier molecular flexibility index (Phi) is 9.89. The third-order valence-electron chi connectivity index (χ3n) is 4.44. The Morgan fingerprint density at radius 2 is 1.97 bits per heavy atom. The van der Waals surface area contributed by atoms with E-state index in [0.717, 1.165) is 9.99 Å². The number of benzene rings is 2. The summed E-state index contributed by atoms with van der Waals surface area (Å²) in [6.45, 7) is 6.15. The first-order valence-electron chi connectivity index (χ1n) is 10.2. The SMILES string of the molecule is CCCOc1c(I)cc(/C=N/NC(=O)C(NC(=O)c2ccccc2F)C(C)C)cc1OC. The molecule has 0 fully saturated rings. The van der Waals surface area contributed by atoms with Crippen LogP contribution in [0.15, 0.2) is 41.5 Å². The van der Waals surface area contributed by atoms with E-state index in [9.17, 15) is 14.0 Å². The van der Waals surface area contributed by atoms with Crippen molar-refractivity contribution in [1.29, 1.82) is 0 Å². The molecule has 1 atom stereocenters. The summed E-state index contributed by atoms with van der Waals surface area (Å²) in [6.07, 6.45) is 2.35. The Hall–Kier alpha value is -2.69. The predicted octanol–water partition coefficient (Wildman–Crippen LogP) is 4.13. The maximum absolute atomic E-state index is 13.9. The Bertz CT molecular complexity index is 982. The van der Waals surface area contributed by atoms with Crippen molar-refractivity contribution < 1.29 is 23.5 Å². The number of amides is 2. The number of halogens is 2. The van der Waals surface area contributed by atoms with Gasteiger partial charge in [0.15, 0.2) is 11.5 Å². The van der Waals surface area contributed by atoms with Gasteiger partial charge < -0.3 is 14.8 Å². The lowest BCUT2D eigenvalue weighted by Gasteiger charge is -2.20. The zero-order valence-corrected chi connectivity index (χ0v) is 20.6. The summed E-state index contributed by atoms with van der Waals surface area (Å²) in [4.78, 5) is 25.0. The maximum atomic E-state index is 13.9. The van der Waals surface area contributed by atoms with E-state index >= 15 is 0 Å². The fourth-order valence-corrected chi connectivity index (χ4v) is 3.58. The Morgan fingerprint density at radius 3 is 2.59 bits per heavy atom. The van der Waals surface area contributed by atoms with Crippen molar-refractivity contribution in [3.8, 4) is 11.5 Å². The van der Waals surface area contributed by atoms with Crippen LogP contribution in [0.5, 0.6) is 11.5 Å². The van der Waals surface area contributed by atoms with Gasteiger partial charge in [0.05, 0.1) is 29.1 Å². The van der Waals surface area contributed by atoms with Gasteiger partial charge in [-0.15, -0.1) is 0 Å². The summed E-state index contributed by atoms with van der Waals surface area (Å²) in [6, 6.07) is 8.32. The molecule has 0 aliphatic rings. The molecule has 32 heavy (non-hydrogen) atoms. The summed E-state index contributed by atoms with van der Waals surface area (Å²) in [7, 11) is 1.55. The standard InChI is InChI=1S/C23H27FIN3O4/c1-5-10-32-21-18(25)11-15(12-19(21)31-4)13-26-28-23(30)20(14(2)3)27-22(29)16-8-6-7-9-17(16)24/h6-9,11-14,20H,5,10H2,1-4H3,(H,27,29)(H,28,30)/b26-13+. The fraction of sp³-hybridized carbons (Fsp3) is 0.348. The summed E-state index contributed by atoms with van der Waals surface area (Å²) >= 11 is 2.15. The molecule has 7 nitrogen and oxygen atoms in total. The number of carbonyl (C=O) groups excluding carboxylic acids is 2. The van der Waals surface area contributed by atoms with Crippen LogP contribution in [0.2, 0.25) is 0 Å². The fourth-order valence-electron chi connectivity index (χ4n) is 2.80. The van der Waals surface area contributed by atoms with Gasteiger partial charge in [-0.25, -0.2) is 9.82 Å². The molecule has 1 unspecified atom stereocenters. The quantitative estimate of drug-likeness (QED) is 0.262. The van der Waals surface area contributed by atoms with Crippen molar-refractivity contribution in [3.63, 3.8) is 0 Å². The number of hydrogen-bond donors (Lipinski definition) is 2. The first kappa shape index (κ1) is 25.6. The van der Waals surface area contributed by atoms with Crippen LogP contribution in [-0.2, 0) is 4.79 Å². The molecule has 9 heteroatoms. The highest BCUT2D eigenvalue weighted by Crippen LogP contribution is 2.33. The molecule has 0 saturated heterocycles. The van der Waals surface area contributed by atoms with Gasteiger partial charge in [0.25, 0.3) is 11.8 Å². The van der Waals surface area contributed by atoms with Crippen molar-refractivity contribution in [2.24, 2.45) is 11.0 Å². The minimum absolute atomic E-state index is 0.124. The lowest BCUT2D eigenvalue weighted by molar-refractivity contribution is -0.123. The van der Waals surface area contributed by atoms with Crippen LogP contribution in [-0.4, -0.2) is 37.8 Å². The third kappa shape index (κ3) is 6.91. The van der Waals surface area contributed by atoms with E-state index in [0.29, 0.717) is 23.7 Å². The van der Waals surface area contributed by atoms with Gasteiger partial charge in [0.2, 0.25) is 0 Å². The monoisotopic (exact) mass is 555 g/mol. The van der Waals surface area contributed by atoms with Crippen LogP contribution in [0.25, 0.3) is 0 Å². The van der Waals surface area contributed by atoms with Crippen LogP contribution < -0.4 is 20.2 Å². The van der Waals surface area contributed by atoms with E-state index in [2.05, 4.69) is 38.4 Å². The van der Waals surface area contributed by atoms with Crippen molar-refractivity contribution in [2.75, 3.05) is 13.7 Å². The molecule has 0 aliphatic carbocycles. The minimum Gasteiger partial charge on any atom is -0.493 e.